The minimum Gasteiger partial charge on any atom is -0.383 e. The largest absolute Gasteiger partial charge is 0.383 e. The molecule has 0 spiro atoms. The van der Waals surface area contributed by atoms with E-state index in [1.807, 2.05) is 0 Å². The van der Waals surface area contributed by atoms with E-state index >= 15 is 0 Å². The Morgan fingerprint density at radius 1 is 1.15 bits per heavy atom. The molecule has 5 nitrogen and oxygen atoms in total. The van der Waals surface area contributed by atoms with Crippen molar-refractivity contribution < 1.29 is 9.53 Å². The molecule has 4 heterocycles. The lowest BCUT2D eigenvalue weighted by Crippen LogP contribution is -2.60. The maximum absolute atomic E-state index is 13.8. The Labute approximate surface area is 197 Å². The van der Waals surface area contributed by atoms with Crippen LogP contribution in [-0.2, 0) is 22.5 Å². The molecule has 4 atom stereocenters. The molecule has 1 aliphatic carbocycles. The number of methoxy groups -OCH3 is 1. The first-order chi connectivity index (χ1) is 16.2. The van der Waals surface area contributed by atoms with E-state index in [0.717, 1.165) is 31.1 Å². The van der Waals surface area contributed by atoms with E-state index in [9.17, 15) is 4.79 Å². The number of ether oxygens (including phenoxy) is 1. The summed E-state index contributed by atoms with van der Waals surface area (Å²) < 4.78 is 7.55. The standard InChI is InChI=1S/C28H37N3O2/c1-33-14-13-30-18-22(24-8-2-3-10-26(24)30)17-27(32)31-12-6-7-20-15-21-16-23(28(20)31)19-29-11-5-4-9-25(21)29/h2-3,8,10,15,18,21,23,25,28H,4-7,9,11-14,16-17,19H2,1H3/t21-,23-,25?,28?/m0/s1. The van der Waals surface area contributed by atoms with Gasteiger partial charge in [-0.1, -0.05) is 36.3 Å². The molecule has 33 heavy (non-hydrogen) atoms. The number of rotatable bonds is 5. The van der Waals surface area contributed by atoms with Gasteiger partial charge in [-0.05, 0) is 62.1 Å². The zero-order valence-electron chi connectivity index (χ0n) is 19.9. The van der Waals surface area contributed by atoms with Gasteiger partial charge < -0.3 is 14.2 Å². The van der Waals surface area contributed by atoms with Crippen molar-refractivity contribution in [1.82, 2.24) is 14.4 Å². The molecule has 5 heteroatoms. The van der Waals surface area contributed by atoms with Crippen molar-refractivity contribution in [3.63, 3.8) is 0 Å². The summed E-state index contributed by atoms with van der Waals surface area (Å²) in [5.41, 5.74) is 3.92. The number of benzene rings is 1. The zero-order valence-corrected chi connectivity index (χ0v) is 19.9. The monoisotopic (exact) mass is 447 g/mol. The van der Waals surface area contributed by atoms with Crippen LogP contribution in [0.2, 0.25) is 0 Å². The third kappa shape index (κ3) is 3.83. The van der Waals surface area contributed by atoms with Gasteiger partial charge in [-0.2, -0.15) is 0 Å². The second-order valence-corrected chi connectivity index (χ2v) is 10.6. The highest BCUT2D eigenvalue weighted by Crippen LogP contribution is 2.45. The van der Waals surface area contributed by atoms with Crippen LogP contribution in [0.3, 0.4) is 0 Å². The highest BCUT2D eigenvalue weighted by molar-refractivity contribution is 5.89. The van der Waals surface area contributed by atoms with Crippen LogP contribution < -0.4 is 0 Å². The molecule has 1 amide bonds. The van der Waals surface area contributed by atoms with Crippen LogP contribution in [0.25, 0.3) is 10.9 Å². The topological polar surface area (TPSA) is 37.7 Å². The molecule has 0 saturated carbocycles. The van der Waals surface area contributed by atoms with Crippen LogP contribution >= 0.6 is 0 Å². The number of likely N-dealkylation sites (tertiary alicyclic amines) is 1. The van der Waals surface area contributed by atoms with E-state index in [4.69, 9.17) is 4.74 Å². The summed E-state index contributed by atoms with van der Waals surface area (Å²) >= 11 is 0. The molecule has 176 valence electrons. The van der Waals surface area contributed by atoms with Crippen LogP contribution in [0.4, 0.5) is 0 Å². The van der Waals surface area contributed by atoms with E-state index in [1.54, 1.807) is 12.7 Å². The van der Waals surface area contributed by atoms with Crippen molar-refractivity contribution in [2.75, 3.05) is 33.4 Å². The average molecular weight is 448 g/mol. The summed E-state index contributed by atoms with van der Waals surface area (Å²) in [6.45, 7) is 4.83. The first kappa shape index (κ1) is 21.4. The zero-order chi connectivity index (χ0) is 22.4. The van der Waals surface area contributed by atoms with Crippen molar-refractivity contribution in [3.8, 4) is 0 Å². The molecule has 6 rings (SSSR count). The molecule has 1 aromatic heterocycles. The van der Waals surface area contributed by atoms with Crippen molar-refractivity contribution in [2.45, 2.75) is 63.6 Å². The molecule has 2 bridgehead atoms. The predicted molar refractivity (Wildman–Crippen MR) is 131 cm³/mol. The fraction of sp³-hybridized carbons (Fsp3) is 0.607. The van der Waals surface area contributed by atoms with E-state index < -0.39 is 0 Å². The molecule has 0 radical (unpaired) electrons. The van der Waals surface area contributed by atoms with Crippen LogP contribution in [-0.4, -0.2) is 65.7 Å². The van der Waals surface area contributed by atoms with Gasteiger partial charge in [0.1, 0.15) is 0 Å². The molecular formula is C28H37N3O2. The number of carbonyl (C=O) groups excluding carboxylic acids is 1. The highest BCUT2D eigenvalue weighted by atomic mass is 16.5. The minimum atomic E-state index is 0.305. The molecule has 2 aromatic rings. The fourth-order valence-electron chi connectivity index (χ4n) is 7.36. The molecule has 3 saturated heterocycles. The van der Waals surface area contributed by atoms with Gasteiger partial charge in [-0.15, -0.1) is 0 Å². The average Bonchev–Trinajstić information content (AvgIpc) is 3.19. The summed E-state index contributed by atoms with van der Waals surface area (Å²) in [5, 5.41) is 1.20. The molecule has 2 unspecified atom stereocenters. The minimum absolute atomic E-state index is 0.305. The Morgan fingerprint density at radius 3 is 2.97 bits per heavy atom. The Hall–Kier alpha value is -2.11. The van der Waals surface area contributed by atoms with Crippen LogP contribution in [0.1, 0.15) is 44.1 Å². The molecule has 3 fully saturated rings. The van der Waals surface area contributed by atoms with E-state index in [-0.39, 0.29) is 0 Å². The van der Waals surface area contributed by atoms with Gasteiger partial charge in [0.2, 0.25) is 5.91 Å². The Kier molecular flexibility index (Phi) is 5.79. The third-order valence-electron chi connectivity index (χ3n) is 8.73. The molecular weight excluding hydrogens is 410 g/mol. The normalized spacial score (nSPS) is 29.5. The second-order valence-electron chi connectivity index (χ2n) is 10.6. The highest BCUT2D eigenvalue weighted by Gasteiger charge is 2.46. The number of piperidine rings is 3. The number of aromatic nitrogens is 1. The number of carbonyl (C=O) groups is 1. The van der Waals surface area contributed by atoms with Crippen molar-refractivity contribution in [2.24, 2.45) is 11.8 Å². The Bertz CT molecular complexity index is 1060. The van der Waals surface area contributed by atoms with E-state index in [2.05, 4.69) is 50.9 Å². The predicted octanol–water partition coefficient (Wildman–Crippen LogP) is 4.25. The summed E-state index contributed by atoms with van der Waals surface area (Å²) in [4.78, 5) is 18.8. The smallest absolute Gasteiger partial charge is 0.227 e. The maximum Gasteiger partial charge on any atom is 0.227 e. The first-order valence-electron chi connectivity index (χ1n) is 13.0. The first-order valence-corrected chi connectivity index (χ1v) is 13.0. The van der Waals surface area contributed by atoms with Crippen LogP contribution in [0.5, 0.6) is 0 Å². The molecule has 3 aliphatic heterocycles. The van der Waals surface area contributed by atoms with Gasteiger partial charge >= 0.3 is 0 Å². The SMILES string of the molecule is COCCn1cc(CC(=O)N2CCCC3=C[C@H]4C[C@@H](CN5CCCCC45)C32)c2ccccc21. The summed E-state index contributed by atoms with van der Waals surface area (Å²) in [6, 6.07) is 9.55. The lowest BCUT2D eigenvalue weighted by Gasteiger charge is -2.54. The van der Waals surface area contributed by atoms with Crippen LogP contribution in [0, 0.1) is 11.8 Å². The second kappa shape index (κ2) is 8.92. The Morgan fingerprint density at radius 2 is 2.06 bits per heavy atom. The van der Waals surface area contributed by atoms with Crippen LogP contribution in [0.15, 0.2) is 42.1 Å². The van der Waals surface area contributed by atoms with Gasteiger partial charge in [0.25, 0.3) is 0 Å². The van der Waals surface area contributed by atoms with Crippen molar-refractivity contribution in [3.05, 3.63) is 47.7 Å². The van der Waals surface area contributed by atoms with Gasteiger partial charge in [-0.25, -0.2) is 0 Å². The summed E-state index contributed by atoms with van der Waals surface area (Å²) in [7, 11) is 1.74. The number of hydrogen-bond acceptors (Lipinski definition) is 3. The number of para-hydroxylation sites is 1. The molecule has 1 aromatic carbocycles. The third-order valence-corrected chi connectivity index (χ3v) is 8.73. The van der Waals surface area contributed by atoms with Crippen molar-refractivity contribution in [1.29, 1.82) is 0 Å². The quantitative estimate of drug-likeness (QED) is 0.643. The van der Waals surface area contributed by atoms with Crippen molar-refractivity contribution >= 4 is 16.8 Å². The summed E-state index contributed by atoms with van der Waals surface area (Å²) in [5.74, 6) is 1.63. The van der Waals surface area contributed by atoms with Gasteiger partial charge in [0.15, 0.2) is 0 Å². The maximum atomic E-state index is 13.8. The number of hydrogen-bond donors (Lipinski definition) is 0. The Balaban J connectivity index is 1.26. The molecule has 4 aliphatic rings. The molecule has 0 N–H and O–H groups in total. The number of nitrogens with zero attached hydrogens (tertiary/aromatic N) is 3. The van der Waals surface area contributed by atoms with Gasteiger partial charge in [0.05, 0.1) is 19.1 Å². The lowest BCUT2D eigenvalue weighted by molar-refractivity contribution is -0.135. The lowest BCUT2D eigenvalue weighted by atomic mass is 9.68. The summed E-state index contributed by atoms with van der Waals surface area (Å²) in [6.07, 6.45) is 12.9. The van der Waals surface area contributed by atoms with Gasteiger partial charge in [0, 0.05) is 49.9 Å². The fourth-order valence-corrected chi connectivity index (χ4v) is 7.36. The number of fused-ring (bicyclic) bond motifs is 7. The van der Waals surface area contributed by atoms with E-state index in [1.165, 1.54) is 56.1 Å². The van der Waals surface area contributed by atoms with E-state index in [0.29, 0.717) is 36.8 Å². The van der Waals surface area contributed by atoms with Gasteiger partial charge in [-0.3, -0.25) is 9.69 Å². The number of amides is 1.